The number of fused-ring (bicyclic) bond motifs is 2. The maximum absolute atomic E-state index is 7.89. The van der Waals surface area contributed by atoms with E-state index in [1.54, 1.807) is 0 Å². The maximum atomic E-state index is 7.89. The van der Waals surface area contributed by atoms with Gasteiger partial charge in [0.2, 0.25) is 0 Å². The van der Waals surface area contributed by atoms with Crippen LogP contribution < -0.4 is 5.43 Å². The van der Waals surface area contributed by atoms with Gasteiger partial charge in [0.1, 0.15) is 0 Å². The molecule has 74 valence electrons. The van der Waals surface area contributed by atoms with Crippen LogP contribution in [0.15, 0.2) is 0 Å². The maximum Gasteiger partial charge on any atom is 0.0649 e. The molecule has 0 aliphatic carbocycles. The van der Waals surface area contributed by atoms with Crippen molar-refractivity contribution in [2.75, 3.05) is 19.6 Å². The summed E-state index contributed by atoms with van der Waals surface area (Å²) in [7, 11) is 0. The van der Waals surface area contributed by atoms with E-state index in [2.05, 4.69) is 10.4 Å². The van der Waals surface area contributed by atoms with Crippen molar-refractivity contribution in [1.82, 2.24) is 10.4 Å². The van der Waals surface area contributed by atoms with Gasteiger partial charge in [-0.15, -0.1) is 0 Å². The van der Waals surface area contributed by atoms with Crippen LogP contribution in [-0.2, 0) is 0 Å². The van der Waals surface area contributed by atoms with E-state index in [1.165, 1.54) is 32.5 Å². The predicted molar refractivity (Wildman–Crippen MR) is 52.8 cm³/mol. The molecule has 1 N–H and O–H groups in total. The van der Waals surface area contributed by atoms with Gasteiger partial charge in [-0.1, -0.05) is 0 Å². The molecule has 2 aliphatic heterocycles. The zero-order chi connectivity index (χ0) is 9.68. The van der Waals surface area contributed by atoms with Crippen molar-refractivity contribution < 1.29 is 0 Å². The molecule has 2 bridgehead atoms. The highest BCUT2D eigenvalue weighted by molar-refractivity contribution is 4.77. The number of hydrazine groups is 1. The normalized spacial score (nSPS) is 30.6. The van der Waals surface area contributed by atoms with Crippen LogP contribution in [0.2, 0.25) is 0 Å². The minimum atomic E-state index is 0.190. The predicted octanol–water partition coefficient (Wildman–Crippen LogP) is 1.38. The number of nitrogens with zero attached hydrogens (tertiary/aromatic N) is 2. The minimum absolute atomic E-state index is 0.190. The molecule has 3 nitrogen and oxygen atoms in total. The molecule has 0 saturated carbocycles. The Morgan fingerprint density at radius 2 is 2.15 bits per heavy atom. The molecule has 0 aromatic carbocycles. The molecule has 2 atom stereocenters. The van der Waals surface area contributed by atoms with E-state index >= 15 is 0 Å². The molecule has 0 aromatic heterocycles. The first-order valence-electron chi connectivity index (χ1n) is 5.10. The Balaban J connectivity index is 0.000000149. The zero-order valence-electron chi connectivity index (χ0n) is 8.58. The molecule has 0 radical (unpaired) electrons. The monoisotopic (exact) mass is 181 g/mol. The summed E-state index contributed by atoms with van der Waals surface area (Å²) in [5.41, 5.74) is 3.34. The van der Waals surface area contributed by atoms with Crippen molar-refractivity contribution in [2.24, 2.45) is 11.8 Å². The molecule has 0 amide bonds. The Morgan fingerprint density at radius 1 is 1.46 bits per heavy atom. The molecule has 0 spiro atoms. The van der Waals surface area contributed by atoms with Gasteiger partial charge in [0.15, 0.2) is 0 Å². The molecule has 2 fully saturated rings. The number of nitriles is 1. The van der Waals surface area contributed by atoms with Crippen LogP contribution in [0, 0.1) is 23.2 Å². The second-order valence-corrected chi connectivity index (χ2v) is 4.08. The fourth-order valence-electron chi connectivity index (χ4n) is 1.64. The van der Waals surface area contributed by atoms with Crippen molar-refractivity contribution in [1.29, 1.82) is 5.26 Å². The van der Waals surface area contributed by atoms with E-state index in [4.69, 9.17) is 5.26 Å². The summed E-state index contributed by atoms with van der Waals surface area (Å²) in [6.07, 6.45) is 2.82. The third-order valence-electron chi connectivity index (χ3n) is 2.43. The van der Waals surface area contributed by atoms with Crippen LogP contribution >= 0.6 is 0 Å². The summed E-state index contributed by atoms with van der Waals surface area (Å²) in [6.45, 7) is 7.52. The summed E-state index contributed by atoms with van der Waals surface area (Å²) in [6, 6.07) is 2.03. The van der Waals surface area contributed by atoms with Crippen molar-refractivity contribution in [3.8, 4) is 6.07 Å². The van der Waals surface area contributed by atoms with Crippen molar-refractivity contribution in [3.63, 3.8) is 0 Å². The van der Waals surface area contributed by atoms with E-state index < -0.39 is 0 Å². The van der Waals surface area contributed by atoms with Gasteiger partial charge in [-0.3, -0.25) is 5.43 Å². The summed E-state index contributed by atoms with van der Waals surface area (Å²) >= 11 is 0. The molecule has 0 aromatic rings. The van der Waals surface area contributed by atoms with Gasteiger partial charge in [0.25, 0.3) is 0 Å². The summed E-state index contributed by atoms with van der Waals surface area (Å²) in [5.74, 6) is 1.21. The fourth-order valence-corrected chi connectivity index (χ4v) is 1.64. The largest absolute Gasteiger partial charge is 0.255 e. The average molecular weight is 181 g/mol. The smallest absolute Gasteiger partial charge is 0.0649 e. The van der Waals surface area contributed by atoms with Crippen LogP contribution in [0.3, 0.4) is 0 Å². The Morgan fingerprint density at radius 3 is 2.62 bits per heavy atom. The lowest BCUT2D eigenvalue weighted by atomic mass is 10.1. The van der Waals surface area contributed by atoms with Gasteiger partial charge in [-0.25, -0.2) is 5.01 Å². The highest BCUT2D eigenvalue weighted by atomic mass is 15.5. The number of nitrogens with one attached hydrogen (secondary N) is 1. The van der Waals surface area contributed by atoms with Crippen molar-refractivity contribution in [3.05, 3.63) is 0 Å². The Labute approximate surface area is 80.7 Å². The summed E-state index contributed by atoms with van der Waals surface area (Å²) in [4.78, 5) is 0. The summed E-state index contributed by atoms with van der Waals surface area (Å²) in [5, 5.41) is 10.2. The lowest BCUT2D eigenvalue weighted by molar-refractivity contribution is 0.190. The lowest BCUT2D eigenvalue weighted by Gasteiger charge is -2.22. The molecule has 2 heterocycles. The molecular weight excluding hydrogens is 162 g/mol. The van der Waals surface area contributed by atoms with Gasteiger partial charge >= 0.3 is 0 Å². The van der Waals surface area contributed by atoms with E-state index in [1.807, 2.05) is 19.9 Å². The van der Waals surface area contributed by atoms with Crippen LogP contribution in [0.4, 0.5) is 0 Å². The molecular formula is C10H19N3. The van der Waals surface area contributed by atoms with Crippen LogP contribution in [0.1, 0.15) is 26.7 Å². The van der Waals surface area contributed by atoms with Gasteiger partial charge in [-0.2, -0.15) is 5.26 Å². The number of hydrogen-bond acceptors (Lipinski definition) is 3. The van der Waals surface area contributed by atoms with Crippen LogP contribution in [0.5, 0.6) is 0 Å². The zero-order valence-corrected chi connectivity index (χ0v) is 8.58. The topological polar surface area (TPSA) is 39.1 Å². The summed E-state index contributed by atoms with van der Waals surface area (Å²) < 4.78 is 0. The van der Waals surface area contributed by atoms with E-state index in [0.29, 0.717) is 0 Å². The van der Waals surface area contributed by atoms with Gasteiger partial charge in [-0.05, 0) is 32.6 Å². The quantitative estimate of drug-likeness (QED) is 0.613. The molecule has 13 heavy (non-hydrogen) atoms. The Hall–Kier alpha value is -0.590. The third-order valence-corrected chi connectivity index (χ3v) is 2.43. The first-order chi connectivity index (χ1) is 6.22. The van der Waals surface area contributed by atoms with Crippen LogP contribution in [0.25, 0.3) is 0 Å². The number of hydrogen-bond donors (Lipinski definition) is 1. The van der Waals surface area contributed by atoms with Gasteiger partial charge in [0.05, 0.1) is 6.07 Å². The molecule has 2 rings (SSSR count). The molecule has 2 aliphatic rings. The fraction of sp³-hybridized carbons (Fsp3) is 0.900. The minimum Gasteiger partial charge on any atom is -0.255 e. The first-order valence-corrected chi connectivity index (χ1v) is 5.10. The molecule has 3 heteroatoms. The second-order valence-electron chi connectivity index (χ2n) is 4.08. The third kappa shape index (κ3) is 3.75. The molecule has 2 unspecified atom stereocenters. The van der Waals surface area contributed by atoms with Crippen LogP contribution in [-0.4, -0.2) is 24.6 Å². The second kappa shape index (κ2) is 5.21. The molecule has 2 saturated heterocycles. The van der Waals surface area contributed by atoms with E-state index in [-0.39, 0.29) is 5.92 Å². The highest BCUT2D eigenvalue weighted by Gasteiger charge is 2.25. The lowest BCUT2D eigenvalue weighted by Crippen LogP contribution is -2.40. The van der Waals surface area contributed by atoms with E-state index in [9.17, 15) is 0 Å². The Bertz CT molecular complexity index is 169. The van der Waals surface area contributed by atoms with Crippen molar-refractivity contribution >= 4 is 0 Å². The average Bonchev–Trinajstić information content (AvgIpc) is 2.47. The van der Waals surface area contributed by atoms with Gasteiger partial charge in [0, 0.05) is 25.6 Å². The Kier molecular flexibility index (Phi) is 4.20. The highest BCUT2D eigenvalue weighted by Crippen LogP contribution is 2.20. The standard InChI is InChI=1S/C6H12N2.C4H7N/c1-3-7-8-4-2-6(1)5-8;1-4(2)3-5/h6-7H,1-5H2;4H,1-2H3. The number of rotatable bonds is 0. The van der Waals surface area contributed by atoms with E-state index in [0.717, 1.165) is 5.92 Å². The first kappa shape index (κ1) is 10.5. The van der Waals surface area contributed by atoms with Gasteiger partial charge < -0.3 is 0 Å². The SMILES string of the molecule is C1CC2CCN(C2)N1.CC(C)C#N. The van der Waals surface area contributed by atoms with Crippen molar-refractivity contribution in [2.45, 2.75) is 26.7 Å².